The van der Waals surface area contributed by atoms with E-state index in [0.717, 1.165) is 11.3 Å². The molecule has 3 heterocycles. The van der Waals surface area contributed by atoms with E-state index in [0.29, 0.717) is 17.1 Å². The van der Waals surface area contributed by atoms with E-state index in [2.05, 4.69) is 55.5 Å². The predicted molar refractivity (Wildman–Crippen MR) is 125 cm³/mol. The first-order valence-corrected chi connectivity index (χ1v) is 10.2. The summed E-state index contributed by atoms with van der Waals surface area (Å²) in [5.74, 6) is 0.547. The quantitative estimate of drug-likeness (QED) is 0.160. The second-order valence-corrected chi connectivity index (χ2v) is 6.97. The Balaban J connectivity index is 0.000000211. The molecule has 3 aromatic heterocycles. The van der Waals surface area contributed by atoms with E-state index in [1.807, 2.05) is 42.6 Å². The predicted octanol–water partition coefficient (Wildman–Crippen LogP) is 4.56. The van der Waals surface area contributed by atoms with Crippen LogP contribution in [0.4, 0.5) is 5.69 Å². The van der Waals surface area contributed by atoms with Crippen molar-refractivity contribution >= 4 is 5.69 Å². The minimum Gasteiger partial charge on any atom is -0.305 e. The van der Waals surface area contributed by atoms with Crippen LogP contribution in [-0.2, 0) is 20.1 Å². The van der Waals surface area contributed by atoms with Crippen LogP contribution in [0.2, 0.25) is 0 Å². The first kappa shape index (κ1) is 25.4. The number of benzene rings is 2. The van der Waals surface area contributed by atoms with Crippen LogP contribution in [0.15, 0.2) is 85.2 Å². The average Bonchev–Trinajstić information content (AvgIpc) is 2.90. The molecular formula is C25H17IrN7O2-2. The van der Waals surface area contributed by atoms with Gasteiger partial charge in [0.2, 0.25) is 5.82 Å². The molecule has 0 amide bonds. The van der Waals surface area contributed by atoms with Crippen LogP contribution in [-0.4, -0.2) is 35.3 Å². The number of non-ortho nitro benzene ring substituents is 1. The van der Waals surface area contributed by atoms with Crippen molar-refractivity contribution in [1.82, 2.24) is 30.4 Å². The Hall–Kier alpha value is -4.27. The summed E-state index contributed by atoms with van der Waals surface area (Å²) in [6.07, 6.45) is 3.45. The third-order valence-corrected chi connectivity index (χ3v) is 4.52. The van der Waals surface area contributed by atoms with E-state index in [4.69, 9.17) is 0 Å². The van der Waals surface area contributed by atoms with Crippen LogP contribution in [0.25, 0.3) is 34.2 Å². The number of aryl methyl sites for hydroxylation is 1. The molecule has 0 aliphatic carbocycles. The molecule has 0 spiro atoms. The summed E-state index contributed by atoms with van der Waals surface area (Å²) in [4.78, 5) is 18.4. The monoisotopic (exact) mass is 640 g/mol. The number of aromatic nitrogens is 6. The second kappa shape index (κ2) is 12.3. The molecule has 35 heavy (non-hydrogen) atoms. The van der Waals surface area contributed by atoms with Crippen LogP contribution >= 0.6 is 0 Å². The SMILES string of the molecule is Cc1ccnc(-c2[c-]cccc2)c1.O=[N+]([O-])c1c[c-]c(-c2nnc(-c3ccccn3)nn2)cc1.[Ir]. The van der Waals surface area contributed by atoms with Crippen LogP contribution in [0.1, 0.15) is 5.56 Å². The van der Waals surface area contributed by atoms with Crippen molar-refractivity contribution in [1.29, 1.82) is 0 Å². The number of nitro benzene ring substituents is 1. The van der Waals surface area contributed by atoms with Crippen molar-refractivity contribution in [2.45, 2.75) is 6.92 Å². The van der Waals surface area contributed by atoms with Gasteiger partial charge in [0.15, 0.2) is 5.69 Å². The fraction of sp³-hybridized carbons (Fsp3) is 0.0400. The number of hydrogen-bond donors (Lipinski definition) is 0. The van der Waals surface area contributed by atoms with Gasteiger partial charge in [0.25, 0.3) is 0 Å². The van der Waals surface area contributed by atoms with E-state index >= 15 is 0 Å². The zero-order valence-corrected chi connectivity index (χ0v) is 20.8. The van der Waals surface area contributed by atoms with Gasteiger partial charge in [-0.2, -0.15) is 10.2 Å². The van der Waals surface area contributed by atoms with Gasteiger partial charge in [0.1, 0.15) is 11.5 Å². The Kier molecular flexibility index (Phi) is 8.88. The first-order chi connectivity index (χ1) is 16.6. The molecule has 0 N–H and O–H groups in total. The van der Waals surface area contributed by atoms with E-state index in [1.165, 1.54) is 23.8 Å². The summed E-state index contributed by atoms with van der Waals surface area (Å²) in [6, 6.07) is 27.2. The van der Waals surface area contributed by atoms with Gasteiger partial charge >= 0.3 is 0 Å². The van der Waals surface area contributed by atoms with Gasteiger partial charge in [-0.25, -0.2) is 0 Å². The molecule has 0 aliphatic heterocycles. The van der Waals surface area contributed by atoms with Crippen molar-refractivity contribution in [2.75, 3.05) is 0 Å². The molecule has 5 rings (SSSR count). The minimum atomic E-state index is -0.498. The van der Waals surface area contributed by atoms with Crippen molar-refractivity contribution in [3.8, 4) is 34.2 Å². The maximum absolute atomic E-state index is 10.6. The third-order valence-electron chi connectivity index (χ3n) is 4.52. The fourth-order valence-corrected chi connectivity index (χ4v) is 2.84. The van der Waals surface area contributed by atoms with Crippen LogP contribution in [0, 0.1) is 29.2 Å². The molecule has 10 heteroatoms. The number of rotatable bonds is 4. The first-order valence-electron chi connectivity index (χ1n) is 10.2. The Bertz CT molecular complexity index is 1370. The molecule has 5 aromatic rings. The second-order valence-electron chi connectivity index (χ2n) is 6.97. The number of pyridine rings is 2. The molecule has 0 bridgehead atoms. The van der Waals surface area contributed by atoms with E-state index < -0.39 is 4.92 Å². The summed E-state index contributed by atoms with van der Waals surface area (Å²) in [5, 5.41) is 26.3. The molecule has 0 atom stereocenters. The molecule has 2 aromatic carbocycles. The smallest absolute Gasteiger partial charge is 0.220 e. The maximum atomic E-state index is 10.6. The van der Waals surface area contributed by atoms with Gasteiger partial charge in [-0.05, 0) is 30.8 Å². The molecule has 0 fully saturated rings. The molecule has 0 unspecified atom stereocenters. The Morgan fingerprint density at radius 3 is 2.11 bits per heavy atom. The normalized spacial score (nSPS) is 9.86. The topological polar surface area (TPSA) is 120 Å². The number of hydrogen-bond acceptors (Lipinski definition) is 8. The zero-order valence-electron chi connectivity index (χ0n) is 18.4. The van der Waals surface area contributed by atoms with Crippen molar-refractivity contribution in [3.63, 3.8) is 0 Å². The molecule has 0 saturated heterocycles. The Labute approximate surface area is 214 Å². The van der Waals surface area contributed by atoms with Crippen molar-refractivity contribution < 1.29 is 25.0 Å². The number of nitrogens with zero attached hydrogens (tertiary/aromatic N) is 7. The van der Waals surface area contributed by atoms with Crippen molar-refractivity contribution in [3.05, 3.63) is 113 Å². The van der Waals surface area contributed by atoms with Gasteiger partial charge in [-0.3, -0.25) is 15.1 Å². The van der Waals surface area contributed by atoms with Crippen molar-refractivity contribution in [2.24, 2.45) is 0 Å². The molecule has 0 saturated carbocycles. The summed E-state index contributed by atoms with van der Waals surface area (Å²) >= 11 is 0. The summed E-state index contributed by atoms with van der Waals surface area (Å²) in [7, 11) is 0. The number of nitro groups is 1. The standard InChI is InChI=1S/C13H7N6O2.C12H10N.Ir/c20-19(21)10-6-4-9(5-7-10)12-15-17-13(18-16-12)11-3-1-2-8-14-11;1-10-7-8-13-12(9-10)11-5-3-2-4-6-11;/h1-4,6-8H;2-5,7-9H,1H3;/q2*-1;. The Morgan fingerprint density at radius 2 is 1.51 bits per heavy atom. The average molecular weight is 640 g/mol. The summed E-state index contributed by atoms with van der Waals surface area (Å²) in [5.41, 5.74) is 4.25. The van der Waals surface area contributed by atoms with E-state index in [1.54, 1.807) is 18.3 Å². The van der Waals surface area contributed by atoms with Gasteiger partial charge in [0, 0.05) is 37.4 Å². The largest absolute Gasteiger partial charge is 0.305 e. The fourth-order valence-electron chi connectivity index (χ4n) is 2.84. The molecule has 1 radical (unpaired) electrons. The van der Waals surface area contributed by atoms with Crippen LogP contribution in [0.5, 0.6) is 0 Å². The van der Waals surface area contributed by atoms with Crippen LogP contribution in [0.3, 0.4) is 0 Å². The van der Waals surface area contributed by atoms with Gasteiger partial charge in [-0.15, -0.1) is 63.8 Å². The van der Waals surface area contributed by atoms with Crippen LogP contribution < -0.4 is 0 Å². The minimum absolute atomic E-state index is 0. The van der Waals surface area contributed by atoms with Gasteiger partial charge < -0.3 is 4.98 Å². The Morgan fingerprint density at radius 1 is 0.771 bits per heavy atom. The molecule has 0 aliphatic rings. The summed E-state index contributed by atoms with van der Waals surface area (Å²) in [6.45, 7) is 2.06. The molecular weight excluding hydrogens is 623 g/mol. The summed E-state index contributed by atoms with van der Waals surface area (Å²) < 4.78 is 0. The van der Waals surface area contributed by atoms with E-state index in [9.17, 15) is 10.1 Å². The third kappa shape index (κ3) is 6.86. The maximum Gasteiger partial charge on any atom is 0.220 e. The van der Waals surface area contributed by atoms with Gasteiger partial charge in [-0.1, -0.05) is 29.8 Å². The van der Waals surface area contributed by atoms with Gasteiger partial charge in [0.05, 0.1) is 0 Å². The van der Waals surface area contributed by atoms with E-state index in [-0.39, 0.29) is 31.6 Å². The molecule has 9 nitrogen and oxygen atoms in total. The molecule has 175 valence electrons. The zero-order chi connectivity index (χ0) is 23.8.